The maximum absolute atomic E-state index is 11.5. The minimum Gasteiger partial charge on any atom is -0.493 e. The van der Waals surface area contributed by atoms with Gasteiger partial charge in [-0.3, -0.25) is 0 Å². The summed E-state index contributed by atoms with van der Waals surface area (Å²) in [5, 5.41) is 18.8. The van der Waals surface area contributed by atoms with Crippen LogP contribution < -0.4 is 9.47 Å². The molecule has 1 aromatic heterocycles. The lowest BCUT2D eigenvalue weighted by Gasteiger charge is -2.23. The molecule has 0 aliphatic carbocycles. The molecule has 6 nitrogen and oxygen atoms in total. The standard InChI is InChI=1S/C18H18N2O4/c1-10(2)24-16-8-13-11(7-15(16)23-3)4-5-20-14(18(21)22)6-12(9-19)17(13)20/h6-8,10H,4-5H2,1-3H3,(H,21,22). The third-order valence-electron chi connectivity index (χ3n) is 4.05. The number of nitriles is 1. The van der Waals surface area contributed by atoms with Crippen molar-refractivity contribution in [2.24, 2.45) is 0 Å². The second kappa shape index (κ2) is 5.93. The molecule has 1 aromatic carbocycles. The highest BCUT2D eigenvalue weighted by Gasteiger charge is 2.27. The Labute approximate surface area is 139 Å². The number of aromatic nitrogens is 1. The van der Waals surface area contributed by atoms with Crippen molar-refractivity contribution in [3.63, 3.8) is 0 Å². The van der Waals surface area contributed by atoms with Crippen LogP contribution in [0.3, 0.4) is 0 Å². The topological polar surface area (TPSA) is 84.5 Å². The van der Waals surface area contributed by atoms with Crippen molar-refractivity contribution in [1.29, 1.82) is 5.26 Å². The lowest BCUT2D eigenvalue weighted by atomic mass is 9.96. The Hall–Kier alpha value is -2.94. The van der Waals surface area contributed by atoms with Crippen molar-refractivity contribution in [2.45, 2.75) is 32.9 Å². The predicted molar refractivity (Wildman–Crippen MR) is 87.6 cm³/mol. The molecule has 0 unspecified atom stereocenters. The molecule has 2 heterocycles. The van der Waals surface area contributed by atoms with Gasteiger partial charge in [0.1, 0.15) is 11.8 Å². The number of hydrogen-bond acceptors (Lipinski definition) is 4. The molecule has 0 radical (unpaired) electrons. The summed E-state index contributed by atoms with van der Waals surface area (Å²) in [6.07, 6.45) is 0.637. The van der Waals surface area contributed by atoms with Gasteiger partial charge in [0, 0.05) is 12.1 Å². The van der Waals surface area contributed by atoms with Crippen molar-refractivity contribution >= 4 is 5.97 Å². The van der Waals surface area contributed by atoms with Gasteiger partial charge >= 0.3 is 5.97 Å². The van der Waals surface area contributed by atoms with Crippen LogP contribution in [0.25, 0.3) is 11.3 Å². The summed E-state index contributed by atoms with van der Waals surface area (Å²) in [6.45, 7) is 4.36. The number of nitrogens with zero attached hydrogens (tertiary/aromatic N) is 2. The van der Waals surface area contributed by atoms with E-state index in [1.165, 1.54) is 6.07 Å². The Kier molecular flexibility index (Phi) is 3.94. The molecule has 1 aliphatic heterocycles. The monoisotopic (exact) mass is 326 g/mol. The summed E-state index contributed by atoms with van der Waals surface area (Å²) in [4.78, 5) is 11.5. The average molecular weight is 326 g/mol. The lowest BCUT2D eigenvalue weighted by Crippen LogP contribution is -2.16. The van der Waals surface area contributed by atoms with Gasteiger partial charge in [-0.1, -0.05) is 0 Å². The minimum atomic E-state index is -1.03. The molecule has 0 saturated carbocycles. The van der Waals surface area contributed by atoms with Crippen LogP contribution in [-0.2, 0) is 13.0 Å². The molecule has 3 rings (SSSR count). The molecule has 0 bridgehead atoms. The van der Waals surface area contributed by atoms with Gasteiger partial charge in [0.05, 0.1) is 24.5 Å². The molecule has 0 atom stereocenters. The van der Waals surface area contributed by atoms with Gasteiger partial charge < -0.3 is 19.1 Å². The second-order valence-electron chi connectivity index (χ2n) is 5.94. The molecule has 24 heavy (non-hydrogen) atoms. The van der Waals surface area contributed by atoms with E-state index in [9.17, 15) is 15.2 Å². The SMILES string of the molecule is COc1cc2c(cc1OC(C)C)-c1c(C#N)cc(C(=O)O)n1CC2. The van der Waals surface area contributed by atoms with Crippen LogP contribution in [0.4, 0.5) is 0 Å². The molecule has 0 saturated heterocycles. The first-order valence-corrected chi connectivity index (χ1v) is 7.71. The van der Waals surface area contributed by atoms with Crippen LogP contribution >= 0.6 is 0 Å². The zero-order valence-corrected chi connectivity index (χ0v) is 13.8. The van der Waals surface area contributed by atoms with Crippen molar-refractivity contribution in [3.8, 4) is 28.8 Å². The number of fused-ring (bicyclic) bond motifs is 3. The number of aryl methyl sites for hydroxylation is 1. The first kappa shape index (κ1) is 15.9. The Morgan fingerprint density at radius 3 is 2.67 bits per heavy atom. The normalized spacial score (nSPS) is 12.3. The van der Waals surface area contributed by atoms with Gasteiger partial charge in [-0.25, -0.2) is 4.79 Å². The summed E-state index contributed by atoms with van der Waals surface area (Å²) in [5.74, 6) is 0.189. The molecular weight excluding hydrogens is 308 g/mol. The van der Waals surface area contributed by atoms with E-state index in [1.807, 2.05) is 26.0 Å². The molecule has 1 aliphatic rings. The first-order valence-electron chi connectivity index (χ1n) is 7.71. The molecule has 1 N–H and O–H groups in total. The number of ether oxygens (including phenoxy) is 2. The third-order valence-corrected chi connectivity index (χ3v) is 4.05. The third kappa shape index (κ3) is 2.48. The summed E-state index contributed by atoms with van der Waals surface area (Å²) in [7, 11) is 1.59. The Balaban J connectivity index is 2.24. The van der Waals surface area contributed by atoms with E-state index in [2.05, 4.69) is 6.07 Å². The molecule has 124 valence electrons. The lowest BCUT2D eigenvalue weighted by molar-refractivity contribution is 0.0685. The van der Waals surface area contributed by atoms with E-state index in [-0.39, 0.29) is 11.8 Å². The number of hydrogen-bond donors (Lipinski definition) is 1. The molecule has 0 amide bonds. The molecule has 0 fully saturated rings. The smallest absolute Gasteiger partial charge is 0.352 e. The number of carbonyl (C=O) groups is 1. The fourth-order valence-electron chi connectivity index (χ4n) is 3.10. The van der Waals surface area contributed by atoms with Crippen molar-refractivity contribution in [1.82, 2.24) is 4.57 Å². The molecular formula is C18H18N2O4. The van der Waals surface area contributed by atoms with E-state index in [1.54, 1.807) is 11.7 Å². The van der Waals surface area contributed by atoms with Gasteiger partial charge in [0.25, 0.3) is 0 Å². The highest BCUT2D eigenvalue weighted by atomic mass is 16.5. The number of methoxy groups -OCH3 is 1. The van der Waals surface area contributed by atoms with Crippen molar-refractivity contribution < 1.29 is 19.4 Å². The fraction of sp³-hybridized carbons (Fsp3) is 0.333. The Bertz CT molecular complexity index is 859. The van der Waals surface area contributed by atoms with E-state index < -0.39 is 5.97 Å². The number of carboxylic acid groups (broad SMARTS) is 1. The van der Waals surface area contributed by atoms with Gasteiger partial charge in [-0.05, 0) is 44.0 Å². The van der Waals surface area contributed by atoms with Crippen LogP contribution in [-0.4, -0.2) is 28.9 Å². The number of aromatic carboxylic acids is 1. The first-order chi connectivity index (χ1) is 11.5. The van der Waals surface area contributed by atoms with Crippen LogP contribution in [0.15, 0.2) is 18.2 Å². The molecule has 6 heteroatoms. The van der Waals surface area contributed by atoms with E-state index in [0.29, 0.717) is 35.7 Å². The highest BCUT2D eigenvalue weighted by molar-refractivity contribution is 5.90. The largest absolute Gasteiger partial charge is 0.493 e. The van der Waals surface area contributed by atoms with Crippen LogP contribution in [0, 0.1) is 11.3 Å². The highest BCUT2D eigenvalue weighted by Crippen LogP contribution is 2.41. The van der Waals surface area contributed by atoms with E-state index in [4.69, 9.17) is 9.47 Å². The van der Waals surface area contributed by atoms with Crippen molar-refractivity contribution in [2.75, 3.05) is 7.11 Å². The minimum absolute atomic E-state index is 0.0302. The van der Waals surface area contributed by atoms with Crippen LogP contribution in [0.2, 0.25) is 0 Å². The average Bonchev–Trinajstić information content (AvgIpc) is 2.93. The number of carboxylic acids is 1. The maximum Gasteiger partial charge on any atom is 0.352 e. The van der Waals surface area contributed by atoms with Gasteiger partial charge in [-0.15, -0.1) is 0 Å². The second-order valence-corrected chi connectivity index (χ2v) is 5.94. The number of rotatable bonds is 4. The Morgan fingerprint density at radius 2 is 2.08 bits per heavy atom. The van der Waals surface area contributed by atoms with Gasteiger partial charge in [0.2, 0.25) is 0 Å². The fourth-order valence-corrected chi connectivity index (χ4v) is 3.10. The van der Waals surface area contributed by atoms with Gasteiger partial charge in [-0.2, -0.15) is 5.26 Å². The quantitative estimate of drug-likeness (QED) is 0.933. The zero-order valence-electron chi connectivity index (χ0n) is 13.8. The molecule has 2 aromatic rings. The summed E-state index contributed by atoms with van der Waals surface area (Å²) in [5.41, 5.74) is 2.96. The summed E-state index contributed by atoms with van der Waals surface area (Å²) >= 11 is 0. The predicted octanol–water partition coefficient (Wildman–Crippen LogP) is 3.08. The Morgan fingerprint density at radius 1 is 1.33 bits per heavy atom. The summed E-state index contributed by atoms with van der Waals surface area (Å²) in [6, 6.07) is 7.28. The van der Waals surface area contributed by atoms with Crippen LogP contribution in [0.5, 0.6) is 11.5 Å². The number of benzene rings is 1. The van der Waals surface area contributed by atoms with Crippen LogP contribution in [0.1, 0.15) is 35.5 Å². The van der Waals surface area contributed by atoms with Crippen molar-refractivity contribution in [3.05, 3.63) is 35.0 Å². The van der Waals surface area contributed by atoms with E-state index >= 15 is 0 Å². The molecule has 0 spiro atoms. The summed E-state index contributed by atoms with van der Waals surface area (Å²) < 4.78 is 12.9. The maximum atomic E-state index is 11.5. The zero-order chi connectivity index (χ0) is 17.4. The van der Waals surface area contributed by atoms with Gasteiger partial charge in [0.15, 0.2) is 11.5 Å². The van der Waals surface area contributed by atoms with E-state index in [0.717, 1.165) is 11.1 Å².